The second-order valence-corrected chi connectivity index (χ2v) is 4.41. The maximum absolute atomic E-state index is 12.0. The van der Waals surface area contributed by atoms with Gasteiger partial charge in [-0.25, -0.2) is 4.98 Å². The van der Waals surface area contributed by atoms with Crippen molar-refractivity contribution in [2.75, 3.05) is 19.6 Å². The van der Waals surface area contributed by atoms with Crippen molar-refractivity contribution in [1.82, 2.24) is 15.6 Å². The van der Waals surface area contributed by atoms with Crippen LogP contribution in [0.4, 0.5) is 13.2 Å². The van der Waals surface area contributed by atoms with Gasteiger partial charge in [-0.3, -0.25) is 4.79 Å². The average Bonchev–Trinajstić information content (AvgIpc) is 2.86. The van der Waals surface area contributed by atoms with Crippen LogP contribution >= 0.6 is 0 Å². The first-order valence-electron chi connectivity index (χ1n) is 5.97. The molecule has 0 aromatic carbocycles. The van der Waals surface area contributed by atoms with Gasteiger partial charge in [-0.2, -0.15) is 13.2 Å². The number of piperidine rings is 1. The lowest BCUT2D eigenvalue weighted by molar-refractivity contribution is -0.123. The second kappa shape index (κ2) is 5.60. The maximum atomic E-state index is 12.0. The molecule has 8 heteroatoms. The normalized spacial score (nSPS) is 20.3. The number of nitrogens with one attached hydrogen (secondary N) is 2. The van der Waals surface area contributed by atoms with E-state index >= 15 is 0 Å². The van der Waals surface area contributed by atoms with Gasteiger partial charge in [0, 0.05) is 12.5 Å². The van der Waals surface area contributed by atoms with E-state index in [1.807, 2.05) is 0 Å². The highest BCUT2D eigenvalue weighted by Crippen LogP contribution is 2.22. The molecule has 1 aliphatic rings. The summed E-state index contributed by atoms with van der Waals surface area (Å²) in [4.78, 5) is 15.4. The van der Waals surface area contributed by atoms with Gasteiger partial charge in [-0.15, -0.1) is 0 Å². The number of carbonyl (C=O) groups excluding carboxylic acids is 1. The molecule has 5 nitrogen and oxygen atoms in total. The molecular formula is C11H14F3N3O2. The lowest BCUT2D eigenvalue weighted by atomic mass is 10.00. The summed E-state index contributed by atoms with van der Waals surface area (Å²) in [6.45, 7) is 0.249. The monoisotopic (exact) mass is 277 g/mol. The highest BCUT2D eigenvalue weighted by Gasteiger charge is 2.29. The third kappa shape index (κ3) is 3.95. The van der Waals surface area contributed by atoms with E-state index in [4.69, 9.17) is 4.42 Å². The number of carbonyl (C=O) groups is 1. The molecule has 1 fully saturated rings. The van der Waals surface area contributed by atoms with Crippen molar-refractivity contribution in [3.63, 3.8) is 0 Å². The Morgan fingerprint density at radius 3 is 3.00 bits per heavy atom. The number of hydrogen-bond acceptors (Lipinski definition) is 4. The second-order valence-electron chi connectivity index (χ2n) is 4.41. The van der Waals surface area contributed by atoms with Gasteiger partial charge in [0.2, 0.25) is 0 Å². The predicted octanol–water partition coefficient (Wildman–Crippen LogP) is 1.43. The molecule has 1 unspecified atom stereocenters. The predicted molar refractivity (Wildman–Crippen MR) is 59.7 cm³/mol. The van der Waals surface area contributed by atoms with Crippen LogP contribution in [0.25, 0.3) is 0 Å². The fourth-order valence-electron chi connectivity index (χ4n) is 1.91. The quantitative estimate of drug-likeness (QED) is 0.877. The molecule has 19 heavy (non-hydrogen) atoms. The number of halogens is 3. The molecule has 0 bridgehead atoms. The smallest absolute Gasteiger partial charge is 0.405 e. The van der Waals surface area contributed by atoms with Crippen LogP contribution in [0.5, 0.6) is 0 Å². The number of alkyl halides is 3. The lowest BCUT2D eigenvalue weighted by Gasteiger charge is -2.19. The number of nitrogens with zero attached hydrogens (tertiary/aromatic N) is 1. The standard InChI is InChI=1S/C11H14F3N3O2/c12-11(13,14)6-16-9(18)8-5-19-10(17-8)7-2-1-3-15-4-7/h5,7,15H,1-4,6H2,(H,16,18). The van der Waals surface area contributed by atoms with Gasteiger partial charge in [-0.1, -0.05) is 0 Å². The Hall–Kier alpha value is -1.57. The molecular weight excluding hydrogens is 263 g/mol. The minimum atomic E-state index is -4.44. The molecule has 1 amide bonds. The summed E-state index contributed by atoms with van der Waals surface area (Å²) in [5, 5.41) is 4.92. The molecule has 106 valence electrons. The van der Waals surface area contributed by atoms with Crippen LogP contribution in [-0.4, -0.2) is 36.7 Å². The summed E-state index contributed by atoms with van der Waals surface area (Å²) in [7, 11) is 0. The van der Waals surface area contributed by atoms with Gasteiger partial charge >= 0.3 is 6.18 Å². The van der Waals surface area contributed by atoms with Gasteiger partial charge in [0.15, 0.2) is 11.6 Å². The van der Waals surface area contributed by atoms with E-state index in [2.05, 4.69) is 10.3 Å². The fourth-order valence-corrected chi connectivity index (χ4v) is 1.91. The minimum Gasteiger partial charge on any atom is -0.448 e. The largest absolute Gasteiger partial charge is 0.448 e. The van der Waals surface area contributed by atoms with Crippen molar-refractivity contribution in [1.29, 1.82) is 0 Å². The summed E-state index contributed by atoms with van der Waals surface area (Å²) < 4.78 is 41.0. The van der Waals surface area contributed by atoms with Crippen molar-refractivity contribution >= 4 is 5.91 Å². The Bertz CT molecular complexity index is 439. The van der Waals surface area contributed by atoms with Crippen LogP contribution < -0.4 is 10.6 Å². The van der Waals surface area contributed by atoms with Gasteiger partial charge in [0.05, 0.1) is 0 Å². The van der Waals surface area contributed by atoms with Crippen LogP contribution in [0.2, 0.25) is 0 Å². The van der Waals surface area contributed by atoms with Crippen LogP contribution in [0, 0.1) is 0 Å². The van der Waals surface area contributed by atoms with E-state index in [1.54, 1.807) is 5.32 Å². The first-order chi connectivity index (χ1) is 8.96. The zero-order valence-electron chi connectivity index (χ0n) is 10.1. The molecule has 0 radical (unpaired) electrons. The Kier molecular flexibility index (Phi) is 4.08. The highest BCUT2D eigenvalue weighted by molar-refractivity contribution is 5.91. The van der Waals surface area contributed by atoms with E-state index in [9.17, 15) is 18.0 Å². The molecule has 2 heterocycles. The summed E-state index contributed by atoms with van der Waals surface area (Å²) in [5.41, 5.74) is -0.121. The van der Waals surface area contributed by atoms with Crippen LogP contribution in [0.3, 0.4) is 0 Å². The van der Waals surface area contributed by atoms with Crippen molar-refractivity contribution in [2.45, 2.75) is 24.9 Å². The molecule has 2 N–H and O–H groups in total. The molecule has 0 spiro atoms. The van der Waals surface area contributed by atoms with Gasteiger partial charge in [0.1, 0.15) is 12.8 Å². The summed E-state index contributed by atoms with van der Waals surface area (Å²) in [6.07, 6.45) is -1.48. The third-order valence-corrected chi connectivity index (χ3v) is 2.85. The zero-order chi connectivity index (χ0) is 13.9. The van der Waals surface area contributed by atoms with E-state index in [0.29, 0.717) is 12.4 Å². The Labute approximate surface area is 107 Å². The van der Waals surface area contributed by atoms with E-state index in [0.717, 1.165) is 25.6 Å². The van der Waals surface area contributed by atoms with Crippen LogP contribution in [-0.2, 0) is 0 Å². The first kappa shape index (κ1) is 13.9. The molecule has 1 aromatic heterocycles. The van der Waals surface area contributed by atoms with E-state index in [1.165, 1.54) is 0 Å². The van der Waals surface area contributed by atoms with Crippen molar-refractivity contribution in [2.24, 2.45) is 0 Å². The van der Waals surface area contributed by atoms with Crippen molar-refractivity contribution < 1.29 is 22.4 Å². The molecule has 2 rings (SSSR count). The number of amides is 1. The van der Waals surface area contributed by atoms with Crippen molar-refractivity contribution in [3.8, 4) is 0 Å². The van der Waals surface area contributed by atoms with E-state index in [-0.39, 0.29) is 11.6 Å². The Morgan fingerprint density at radius 1 is 1.58 bits per heavy atom. The summed E-state index contributed by atoms with van der Waals surface area (Å²) >= 11 is 0. The van der Waals surface area contributed by atoms with Crippen molar-refractivity contribution in [3.05, 3.63) is 17.8 Å². The van der Waals surface area contributed by atoms with E-state index < -0.39 is 18.6 Å². The minimum absolute atomic E-state index is 0.0675. The Morgan fingerprint density at radius 2 is 2.37 bits per heavy atom. The molecule has 1 saturated heterocycles. The number of hydrogen-bond donors (Lipinski definition) is 2. The molecule has 0 aliphatic carbocycles. The molecule has 0 saturated carbocycles. The lowest BCUT2D eigenvalue weighted by Crippen LogP contribution is -2.34. The zero-order valence-corrected chi connectivity index (χ0v) is 10.1. The van der Waals surface area contributed by atoms with Gasteiger partial charge in [-0.05, 0) is 19.4 Å². The SMILES string of the molecule is O=C(NCC(F)(F)F)c1coc(C2CCCNC2)n1. The maximum Gasteiger partial charge on any atom is 0.405 e. The van der Waals surface area contributed by atoms with Gasteiger partial charge < -0.3 is 15.1 Å². The van der Waals surface area contributed by atoms with Gasteiger partial charge in [0.25, 0.3) is 5.91 Å². The van der Waals surface area contributed by atoms with Crippen LogP contribution in [0.15, 0.2) is 10.7 Å². The van der Waals surface area contributed by atoms with Crippen LogP contribution in [0.1, 0.15) is 35.1 Å². The summed E-state index contributed by atoms with van der Waals surface area (Å²) in [6, 6.07) is 0. The molecule has 1 aliphatic heterocycles. The number of aromatic nitrogens is 1. The third-order valence-electron chi connectivity index (χ3n) is 2.85. The average molecular weight is 277 g/mol. The Balaban J connectivity index is 1.94. The number of rotatable bonds is 3. The molecule has 1 aromatic rings. The fraction of sp³-hybridized carbons (Fsp3) is 0.636. The molecule has 1 atom stereocenters. The number of oxazole rings is 1. The highest BCUT2D eigenvalue weighted by atomic mass is 19.4. The topological polar surface area (TPSA) is 67.2 Å². The first-order valence-corrected chi connectivity index (χ1v) is 5.97. The summed E-state index contributed by atoms with van der Waals surface area (Å²) in [5.74, 6) is -0.418.